The van der Waals surface area contributed by atoms with Crippen molar-refractivity contribution in [2.45, 2.75) is 25.6 Å². The van der Waals surface area contributed by atoms with Gasteiger partial charge in [-0.3, -0.25) is 4.79 Å². The van der Waals surface area contributed by atoms with Crippen LogP contribution >= 0.6 is 11.6 Å². The minimum Gasteiger partial charge on any atom is -0.338 e. The highest BCUT2D eigenvalue weighted by molar-refractivity contribution is 6.20. The summed E-state index contributed by atoms with van der Waals surface area (Å²) in [6.45, 7) is 5.66. The monoisotopic (exact) mass is 251 g/mol. The minimum absolute atomic E-state index is 0.125. The molecular formula is C14H18ClNO. The second-order valence-corrected chi connectivity index (χ2v) is 5.46. The Morgan fingerprint density at radius 3 is 2.59 bits per heavy atom. The lowest BCUT2D eigenvalue weighted by atomic mass is 9.98. The van der Waals surface area contributed by atoms with Crippen molar-refractivity contribution in [3.63, 3.8) is 0 Å². The Labute approximate surface area is 108 Å². The number of halogens is 1. The van der Waals surface area contributed by atoms with Crippen LogP contribution in [0.15, 0.2) is 24.3 Å². The zero-order valence-corrected chi connectivity index (χ0v) is 11.1. The highest BCUT2D eigenvalue weighted by Gasteiger charge is 2.27. The topological polar surface area (TPSA) is 20.3 Å². The second kappa shape index (κ2) is 5.09. The summed E-state index contributed by atoms with van der Waals surface area (Å²) in [5, 5.41) is 0.206. The van der Waals surface area contributed by atoms with E-state index in [1.807, 2.05) is 36.1 Å². The summed E-state index contributed by atoms with van der Waals surface area (Å²) in [6.07, 6.45) is 0.889. The van der Waals surface area contributed by atoms with E-state index in [1.165, 1.54) is 5.56 Å². The number of amides is 1. The molecule has 17 heavy (non-hydrogen) atoms. The van der Waals surface area contributed by atoms with E-state index in [1.54, 1.807) is 0 Å². The number of rotatable bonds is 1. The molecular weight excluding hydrogens is 234 g/mol. The average Bonchev–Trinajstić information content (AvgIpc) is 2.33. The van der Waals surface area contributed by atoms with Gasteiger partial charge in [-0.1, -0.05) is 24.6 Å². The lowest BCUT2D eigenvalue weighted by Gasteiger charge is -2.34. The molecule has 0 saturated carbocycles. The van der Waals surface area contributed by atoms with E-state index >= 15 is 0 Å². The van der Waals surface area contributed by atoms with Gasteiger partial charge in [0.25, 0.3) is 5.91 Å². The summed E-state index contributed by atoms with van der Waals surface area (Å²) >= 11 is 6.17. The van der Waals surface area contributed by atoms with Gasteiger partial charge in [0.05, 0.1) is 0 Å². The van der Waals surface area contributed by atoms with Crippen molar-refractivity contribution in [3.05, 3.63) is 35.4 Å². The largest absolute Gasteiger partial charge is 0.338 e. The van der Waals surface area contributed by atoms with Gasteiger partial charge in [0.1, 0.15) is 0 Å². The van der Waals surface area contributed by atoms with Crippen molar-refractivity contribution >= 4 is 17.5 Å². The Kier molecular flexibility index (Phi) is 3.72. The lowest BCUT2D eigenvalue weighted by molar-refractivity contribution is 0.0687. The van der Waals surface area contributed by atoms with E-state index in [-0.39, 0.29) is 11.3 Å². The van der Waals surface area contributed by atoms with Gasteiger partial charge in [0.15, 0.2) is 0 Å². The van der Waals surface area contributed by atoms with Crippen LogP contribution in [0.3, 0.4) is 0 Å². The normalized spacial score (nSPS) is 24.8. The first-order valence-electron chi connectivity index (χ1n) is 6.08. The summed E-state index contributed by atoms with van der Waals surface area (Å²) in [5.74, 6) is 0.500. The summed E-state index contributed by atoms with van der Waals surface area (Å²) in [7, 11) is 0. The standard InChI is InChI=1S/C14H18ClNO/c1-10-3-5-12(6-4-10)14(17)16-8-7-13(15)11(2)9-16/h3-6,11,13H,7-9H2,1-2H3. The third-order valence-corrected chi connectivity index (χ3v) is 4.03. The van der Waals surface area contributed by atoms with E-state index in [0.717, 1.165) is 25.1 Å². The number of carbonyl (C=O) groups is 1. The van der Waals surface area contributed by atoms with Crippen molar-refractivity contribution in [2.24, 2.45) is 5.92 Å². The van der Waals surface area contributed by atoms with Crippen molar-refractivity contribution in [1.29, 1.82) is 0 Å². The molecule has 3 heteroatoms. The van der Waals surface area contributed by atoms with Crippen molar-refractivity contribution in [1.82, 2.24) is 4.90 Å². The quantitative estimate of drug-likeness (QED) is 0.703. The molecule has 0 aromatic heterocycles. The molecule has 1 aliphatic rings. The first-order chi connectivity index (χ1) is 8.08. The molecule has 92 valence electrons. The smallest absolute Gasteiger partial charge is 0.253 e. The first-order valence-corrected chi connectivity index (χ1v) is 6.51. The third-order valence-electron chi connectivity index (χ3n) is 3.39. The maximum Gasteiger partial charge on any atom is 0.253 e. The van der Waals surface area contributed by atoms with Crippen LogP contribution in [0.2, 0.25) is 0 Å². The number of alkyl halides is 1. The Hall–Kier alpha value is -1.02. The first kappa shape index (κ1) is 12.4. The molecule has 2 rings (SSSR count). The van der Waals surface area contributed by atoms with Gasteiger partial charge >= 0.3 is 0 Å². The third kappa shape index (κ3) is 2.81. The summed E-state index contributed by atoms with van der Waals surface area (Å²) < 4.78 is 0. The van der Waals surface area contributed by atoms with E-state index < -0.39 is 0 Å². The molecule has 0 N–H and O–H groups in total. The minimum atomic E-state index is 0.125. The predicted molar refractivity (Wildman–Crippen MR) is 70.5 cm³/mol. The summed E-state index contributed by atoms with van der Waals surface area (Å²) in [6, 6.07) is 7.75. The van der Waals surface area contributed by atoms with Crippen LogP contribution in [0, 0.1) is 12.8 Å². The molecule has 0 bridgehead atoms. The van der Waals surface area contributed by atoms with Gasteiger partial charge in [0, 0.05) is 24.0 Å². The number of hydrogen-bond acceptors (Lipinski definition) is 1. The van der Waals surface area contributed by atoms with E-state index in [9.17, 15) is 4.79 Å². The maximum absolute atomic E-state index is 12.2. The molecule has 1 heterocycles. The molecule has 1 amide bonds. The van der Waals surface area contributed by atoms with Crippen molar-refractivity contribution in [2.75, 3.05) is 13.1 Å². The van der Waals surface area contributed by atoms with Gasteiger partial charge in [-0.15, -0.1) is 11.6 Å². The Bertz CT molecular complexity index is 401. The molecule has 1 aromatic rings. The Balaban J connectivity index is 2.08. The molecule has 2 unspecified atom stereocenters. The van der Waals surface area contributed by atoms with Crippen LogP contribution in [-0.2, 0) is 0 Å². The average molecular weight is 252 g/mol. The zero-order chi connectivity index (χ0) is 12.4. The zero-order valence-electron chi connectivity index (χ0n) is 10.3. The van der Waals surface area contributed by atoms with E-state index in [2.05, 4.69) is 6.92 Å². The number of benzene rings is 1. The Morgan fingerprint density at radius 1 is 1.35 bits per heavy atom. The second-order valence-electron chi connectivity index (χ2n) is 4.90. The van der Waals surface area contributed by atoms with E-state index in [4.69, 9.17) is 11.6 Å². The number of likely N-dealkylation sites (tertiary alicyclic amines) is 1. The van der Waals surface area contributed by atoms with Crippen LogP contribution in [0.5, 0.6) is 0 Å². The van der Waals surface area contributed by atoms with Crippen LogP contribution in [0.4, 0.5) is 0 Å². The van der Waals surface area contributed by atoms with Gasteiger partial charge in [-0.25, -0.2) is 0 Å². The molecule has 1 aliphatic heterocycles. The van der Waals surface area contributed by atoms with Crippen LogP contribution in [0.1, 0.15) is 29.3 Å². The molecule has 1 fully saturated rings. The highest BCUT2D eigenvalue weighted by atomic mass is 35.5. The van der Waals surface area contributed by atoms with Crippen LogP contribution in [-0.4, -0.2) is 29.3 Å². The van der Waals surface area contributed by atoms with Crippen molar-refractivity contribution in [3.8, 4) is 0 Å². The van der Waals surface area contributed by atoms with Crippen molar-refractivity contribution < 1.29 is 4.79 Å². The fourth-order valence-electron chi connectivity index (χ4n) is 2.18. The van der Waals surface area contributed by atoms with E-state index in [0.29, 0.717) is 5.92 Å². The fraction of sp³-hybridized carbons (Fsp3) is 0.500. The number of nitrogens with zero attached hydrogens (tertiary/aromatic N) is 1. The van der Waals surface area contributed by atoms with Crippen LogP contribution < -0.4 is 0 Å². The highest BCUT2D eigenvalue weighted by Crippen LogP contribution is 2.23. The van der Waals surface area contributed by atoms with Gasteiger partial charge in [-0.2, -0.15) is 0 Å². The predicted octanol–water partition coefficient (Wildman–Crippen LogP) is 3.08. The maximum atomic E-state index is 12.2. The van der Waals surface area contributed by atoms with Gasteiger partial charge in [-0.05, 0) is 31.4 Å². The number of carbonyl (C=O) groups excluding carboxylic acids is 1. The molecule has 0 aliphatic carbocycles. The lowest BCUT2D eigenvalue weighted by Crippen LogP contribution is -2.43. The van der Waals surface area contributed by atoms with Gasteiger partial charge in [0.2, 0.25) is 0 Å². The van der Waals surface area contributed by atoms with Gasteiger partial charge < -0.3 is 4.90 Å². The molecule has 2 atom stereocenters. The molecule has 0 spiro atoms. The number of hydrogen-bond donors (Lipinski definition) is 0. The summed E-state index contributed by atoms with van der Waals surface area (Å²) in [5.41, 5.74) is 1.95. The molecule has 2 nitrogen and oxygen atoms in total. The number of aryl methyl sites for hydroxylation is 1. The Morgan fingerprint density at radius 2 is 2.00 bits per heavy atom. The summed E-state index contributed by atoms with van der Waals surface area (Å²) in [4.78, 5) is 14.2. The SMILES string of the molecule is Cc1ccc(C(=O)N2CCC(Cl)C(C)C2)cc1. The number of piperidine rings is 1. The molecule has 1 aromatic carbocycles. The fourth-order valence-corrected chi connectivity index (χ4v) is 2.36. The van der Waals surface area contributed by atoms with Crippen LogP contribution in [0.25, 0.3) is 0 Å². The molecule has 1 saturated heterocycles. The molecule has 0 radical (unpaired) electrons.